The number of nitrogen functional groups attached to an aromatic ring is 1. The Hall–Kier alpha value is -1.45. The van der Waals surface area contributed by atoms with Crippen LogP contribution in [0.4, 0.5) is 10.1 Å². The molecule has 1 aromatic carbocycles. The Morgan fingerprint density at radius 2 is 2.00 bits per heavy atom. The van der Waals surface area contributed by atoms with Gasteiger partial charge in [0.1, 0.15) is 5.75 Å². The van der Waals surface area contributed by atoms with Gasteiger partial charge >= 0.3 is 0 Å². The summed E-state index contributed by atoms with van der Waals surface area (Å²) in [4.78, 5) is 0. The fourth-order valence-electron chi connectivity index (χ4n) is 1.09. The molecule has 0 fully saturated rings. The maximum Gasteiger partial charge on any atom is 0.167 e. The third-order valence-corrected chi connectivity index (χ3v) is 1.86. The van der Waals surface area contributed by atoms with Crippen LogP contribution in [0.5, 0.6) is 11.5 Å². The first-order valence-electron chi connectivity index (χ1n) is 4.80. The van der Waals surface area contributed by atoms with E-state index in [9.17, 15) is 4.39 Å². The second kappa shape index (κ2) is 4.87. The van der Waals surface area contributed by atoms with Crippen LogP contribution >= 0.6 is 0 Å². The van der Waals surface area contributed by atoms with E-state index < -0.39 is 5.82 Å². The molecule has 0 radical (unpaired) electrons. The average Bonchev–Trinajstić information content (AvgIpc) is 2.16. The molecule has 0 spiro atoms. The van der Waals surface area contributed by atoms with E-state index in [1.807, 2.05) is 13.8 Å². The van der Waals surface area contributed by atoms with Crippen molar-refractivity contribution >= 4 is 5.69 Å². The molecule has 0 atom stereocenters. The van der Waals surface area contributed by atoms with Crippen LogP contribution in [0.2, 0.25) is 0 Å². The van der Waals surface area contributed by atoms with E-state index in [1.54, 1.807) is 0 Å². The molecule has 15 heavy (non-hydrogen) atoms. The normalized spacial score (nSPS) is 10.5. The third kappa shape index (κ3) is 3.01. The Bertz CT molecular complexity index is 340. The molecule has 0 unspecified atom stereocenters. The second-order valence-electron chi connectivity index (χ2n) is 3.73. The molecule has 84 valence electrons. The Kier molecular flexibility index (Phi) is 3.77. The second-order valence-corrected chi connectivity index (χ2v) is 3.73. The van der Waals surface area contributed by atoms with Gasteiger partial charge in [-0.2, -0.15) is 0 Å². The molecule has 0 aliphatic heterocycles. The zero-order valence-corrected chi connectivity index (χ0v) is 9.21. The van der Waals surface area contributed by atoms with E-state index in [4.69, 9.17) is 15.2 Å². The molecular weight excluding hydrogens is 197 g/mol. The third-order valence-electron chi connectivity index (χ3n) is 1.86. The lowest BCUT2D eigenvalue weighted by Crippen LogP contribution is -2.06. The van der Waals surface area contributed by atoms with Crippen LogP contribution in [0.1, 0.15) is 13.8 Å². The maximum atomic E-state index is 13.4. The van der Waals surface area contributed by atoms with Gasteiger partial charge in [0.25, 0.3) is 0 Å². The van der Waals surface area contributed by atoms with Gasteiger partial charge in [-0.25, -0.2) is 4.39 Å². The van der Waals surface area contributed by atoms with E-state index in [-0.39, 0.29) is 11.4 Å². The Morgan fingerprint density at radius 3 is 2.53 bits per heavy atom. The van der Waals surface area contributed by atoms with Gasteiger partial charge in [0, 0.05) is 12.1 Å². The van der Waals surface area contributed by atoms with Gasteiger partial charge in [-0.1, -0.05) is 13.8 Å². The van der Waals surface area contributed by atoms with E-state index in [0.717, 1.165) is 0 Å². The number of rotatable bonds is 4. The first kappa shape index (κ1) is 11.6. The molecule has 4 heteroatoms. The highest BCUT2D eigenvalue weighted by molar-refractivity contribution is 5.56. The largest absolute Gasteiger partial charge is 0.494 e. The van der Waals surface area contributed by atoms with Crippen molar-refractivity contribution in [2.75, 3.05) is 19.5 Å². The van der Waals surface area contributed by atoms with E-state index in [1.165, 1.54) is 19.2 Å². The smallest absolute Gasteiger partial charge is 0.167 e. The van der Waals surface area contributed by atoms with Crippen LogP contribution in [0.3, 0.4) is 0 Å². The molecule has 0 aliphatic carbocycles. The van der Waals surface area contributed by atoms with Crippen LogP contribution in [0.25, 0.3) is 0 Å². The van der Waals surface area contributed by atoms with Crippen LogP contribution in [0, 0.1) is 11.7 Å². The van der Waals surface area contributed by atoms with Crippen molar-refractivity contribution in [2.45, 2.75) is 13.8 Å². The van der Waals surface area contributed by atoms with Crippen molar-refractivity contribution in [3.63, 3.8) is 0 Å². The van der Waals surface area contributed by atoms with Gasteiger partial charge in [0.15, 0.2) is 11.6 Å². The number of anilines is 1. The summed E-state index contributed by atoms with van der Waals surface area (Å²) >= 11 is 0. The maximum absolute atomic E-state index is 13.4. The molecular formula is C11H16FNO2. The van der Waals surface area contributed by atoms with Crippen molar-refractivity contribution in [2.24, 2.45) is 5.92 Å². The van der Waals surface area contributed by atoms with Crippen molar-refractivity contribution in [3.05, 3.63) is 17.9 Å². The highest BCUT2D eigenvalue weighted by Crippen LogP contribution is 2.29. The van der Waals surface area contributed by atoms with Crippen LogP contribution in [-0.4, -0.2) is 13.7 Å². The molecule has 2 N–H and O–H groups in total. The summed E-state index contributed by atoms with van der Waals surface area (Å²) < 4.78 is 23.6. The molecule has 1 rings (SSSR count). The number of nitrogens with two attached hydrogens (primary N) is 1. The summed E-state index contributed by atoms with van der Waals surface area (Å²) in [7, 11) is 1.48. The topological polar surface area (TPSA) is 44.5 Å². The van der Waals surface area contributed by atoms with Gasteiger partial charge in [-0.05, 0) is 5.92 Å². The summed E-state index contributed by atoms with van der Waals surface area (Å²) in [5.41, 5.74) is 5.81. The SMILES string of the molecule is COc1cc(OCC(C)C)c(F)cc1N. The first-order valence-corrected chi connectivity index (χ1v) is 4.80. The van der Waals surface area contributed by atoms with Crippen molar-refractivity contribution in [1.82, 2.24) is 0 Å². The Labute approximate surface area is 89.0 Å². The minimum absolute atomic E-state index is 0.176. The molecule has 1 aromatic rings. The molecule has 0 aliphatic rings. The van der Waals surface area contributed by atoms with Gasteiger partial charge in [0.2, 0.25) is 0 Å². The average molecular weight is 213 g/mol. The lowest BCUT2D eigenvalue weighted by molar-refractivity contribution is 0.258. The molecule has 0 aromatic heterocycles. The van der Waals surface area contributed by atoms with Gasteiger partial charge in [0.05, 0.1) is 19.4 Å². The molecule has 0 saturated carbocycles. The predicted octanol–water partition coefficient (Wildman–Crippen LogP) is 2.45. The molecule has 0 saturated heterocycles. The van der Waals surface area contributed by atoms with Crippen LogP contribution < -0.4 is 15.2 Å². The van der Waals surface area contributed by atoms with Crippen molar-refractivity contribution in [3.8, 4) is 11.5 Å². The fraction of sp³-hybridized carbons (Fsp3) is 0.455. The number of hydrogen-bond donors (Lipinski definition) is 1. The minimum Gasteiger partial charge on any atom is -0.494 e. The minimum atomic E-state index is -0.464. The van der Waals surface area contributed by atoms with Crippen LogP contribution in [0.15, 0.2) is 12.1 Å². The van der Waals surface area contributed by atoms with E-state index in [2.05, 4.69) is 0 Å². The Balaban J connectivity index is 2.87. The molecule has 0 heterocycles. The summed E-state index contributed by atoms with van der Waals surface area (Å²) in [6.07, 6.45) is 0. The van der Waals surface area contributed by atoms with Gasteiger partial charge in [-0.15, -0.1) is 0 Å². The first-order chi connectivity index (χ1) is 7.04. The summed E-state index contributed by atoms with van der Waals surface area (Å²) in [5, 5.41) is 0. The monoisotopic (exact) mass is 213 g/mol. The predicted molar refractivity (Wildman–Crippen MR) is 57.7 cm³/mol. The highest BCUT2D eigenvalue weighted by atomic mass is 19.1. The van der Waals surface area contributed by atoms with E-state index in [0.29, 0.717) is 18.3 Å². The highest BCUT2D eigenvalue weighted by Gasteiger charge is 2.09. The quantitative estimate of drug-likeness (QED) is 0.781. The lowest BCUT2D eigenvalue weighted by Gasteiger charge is -2.12. The van der Waals surface area contributed by atoms with E-state index >= 15 is 0 Å². The number of halogens is 1. The van der Waals surface area contributed by atoms with Crippen LogP contribution in [-0.2, 0) is 0 Å². The fourth-order valence-corrected chi connectivity index (χ4v) is 1.09. The summed E-state index contributed by atoms with van der Waals surface area (Å²) in [5.74, 6) is 0.479. The van der Waals surface area contributed by atoms with Gasteiger partial charge in [-0.3, -0.25) is 0 Å². The Morgan fingerprint density at radius 1 is 1.33 bits per heavy atom. The number of benzene rings is 1. The molecule has 0 bridgehead atoms. The molecule has 3 nitrogen and oxygen atoms in total. The summed E-state index contributed by atoms with van der Waals surface area (Å²) in [6, 6.07) is 2.67. The van der Waals surface area contributed by atoms with Crippen molar-refractivity contribution in [1.29, 1.82) is 0 Å². The summed E-state index contributed by atoms with van der Waals surface area (Å²) in [6.45, 7) is 4.45. The lowest BCUT2D eigenvalue weighted by atomic mass is 10.2. The standard InChI is InChI=1S/C11H16FNO2/c1-7(2)6-15-10-5-11(14-3)9(13)4-8(10)12/h4-5,7H,6,13H2,1-3H3. The number of ether oxygens (including phenoxy) is 2. The molecule has 0 amide bonds. The van der Waals surface area contributed by atoms with Crippen molar-refractivity contribution < 1.29 is 13.9 Å². The number of methoxy groups -OCH3 is 1. The zero-order chi connectivity index (χ0) is 11.4. The zero-order valence-electron chi connectivity index (χ0n) is 9.21. The van der Waals surface area contributed by atoms with Gasteiger partial charge < -0.3 is 15.2 Å². The number of hydrogen-bond acceptors (Lipinski definition) is 3.